The first-order valence-electron chi connectivity index (χ1n) is 8.66. The minimum absolute atomic E-state index is 0.540. The molecular weight excluding hydrogens is 338 g/mol. The molecule has 0 saturated carbocycles. The zero-order chi connectivity index (χ0) is 18.4. The van der Waals surface area contributed by atoms with Crippen LogP contribution in [0.5, 0.6) is 0 Å². The number of aromatic nitrogens is 6. The molecule has 2 aromatic carbocycles. The molecule has 0 atom stereocenters. The SMILES string of the molecule is Cc1cc(C)cc(Nc2nc3c(-c4ccc5[nH]ncc5c4)nccn3n2)c1. The van der Waals surface area contributed by atoms with Crippen molar-refractivity contribution in [3.8, 4) is 11.3 Å². The van der Waals surface area contributed by atoms with Gasteiger partial charge in [-0.3, -0.25) is 10.1 Å². The summed E-state index contributed by atoms with van der Waals surface area (Å²) in [4.78, 5) is 9.20. The molecule has 2 N–H and O–H groups in total. The number of rotatable bonds is 3. The molecule has 27 heavy (non-hydrogen) atoms. The van der Waals surface area contributed by atoms with Gasteiger partial charge < -0.3 is 5.32 Å². The molecule has 7 nitrogen and oxygen atoms in total. The van der Waals surface area contributed by atoms with Gasteiger partial charge in [-0.2, -0.15) is 10.1 Å². The Morgan fingerprint density at radius 1 is 1.04 bits per heavy atom. The van der Waals surface area contributed by atoms with E-state index in [-0.39, 0.29) is 0 Å². The first-order chi connectivity index (χ1) is 13.2. The van der Waals surface area contributed by atoms with E-state index >= 15 is 0 Å². The molecule has 132 valence electrons. The van der Waals surface area contributed by atoms with Crippen LogP contribution in [0.4, 0.5) is 11.6 Å². The number of nitrogens with zero attached hydrogens (tertiary/aromatic N) is 5. The third kappa shape index (κ3) is 2.79. The maximum atomic E-state index is 4.67. The summed E-state index contributed by atoms with van der Waals surface area (Å²) in [5.74, 6) is 0.540. The topological polar surface area (TPSA) is 83.8 Å². The molecule has 0 aliphatic carbocycles. The first kappa shape index (κ1) is 15.5. The number of anilines is 2. The lowest BCUT2D eigenvalue weighted by atomic mass is 10.1. The third-order valence-corrected chi connectivity index (χ3v) is 4.45. The standard InChI is InChI=1S/C20H17N7/c1-12-7-13(2)9-16(8-12)23-20-24-19-18(21-5-6-27(19)26-20)14-3-4-17-15(10-14)11-22-25-17/h3-11H,1-2H3,(H,22,25)(H,23,26). The van der Waals surface area contributed by atoms with Crippen LogP contribution in [0.15, 0.2) is 55.0 Å². The number of aryl methyl sites for hydroxylation is 2. The van der Waals surface area contributed by atoms with Crippen LogP contribution < -0.4 is 5.32 Å². The van der Waals surface area contributed by atoms with E-state index in [2.05, 4.69) is 62.6 Å². The summed E-state index contributed by atoms with van der Waals surface area (Å²) in [6, 6.07) is 12.3. The van der Waals surface area contributed by atoms with Gasteiger partial charge in [0, 0.05) is 29.0 Å². The monoisotopic (exact) mass is 355 g/mol. The van der Waals surface area contributed by atoms with Gasteiger partial charge >= 0.3 is 0 Å². The van der Waals surface area contributed by atoms with Gasteiger partial charge in [-0.05, 0) is 49.2 Å². The molecule has 0 saturated heterocycles. The summed E-state index contributed by atoms with van der Waals surface area (Å²) in [6.45, 7) is 4.15. The fourth-order valence-electron chi connectivity index (χ4n) is 3.34. The summed E-state index contributed by atoms with van der Waals surface area (Å²) < 4.78 is 1.74. The number of hydrogen-bond donors (Lipinski definition) is 2. The lowest BCUT2D eigenvalue weighted by molar-refractivity contribution is 0.951. The van der Waals surface area contributed by atoms with Gasteiger partial charge in [0.05, 0.1) is 11.7 Å². The molecule has 3 aromatic heterocycles. The highest BCUT2D eigenvalue weighted by Gasteiger charge is 2.12. The molecule has 0 unspecified atom stereocenters. The number of aromatic amines is 1. The molecule has 7 heteroatoms. The number of hydrogen-bond acceptors (Lipinski definition) is 5. The van der Waals surface area contributed by atoms with Crippen molar-refractivity contribution in [3.05, 3.63) is 66.1 Å². The van der Waals surface area contributed by atoms with Crippen molar-refractivity contribution < 1.29 is 0 Å². The highest BCUT2D eigenvalue weighted by molar-refractivity contribution is 5.86. The minimum atomic E-state index is 0.540. The summed E-state index contributed by atoms with van der Waals surface area (Å²) in [7, 11) is 0. The fourth-order valence-corrected chi connectivity index (χ4v) is 3.34. The van der Waals surface area contributed by atoms with E-state index in [1.807, 2.05) is 18.2 Å². The Labute approximate surface area is 155 Å². The lowest BCUT2D eigenvalue weighted by Gasteiger charge is -2.04. The second-order valence-corrected chi connectivity index (χ2v) is 6.65. The average molecular weight is 355 g/mol. The van der Waals surface area contributed by atoms with Gasteiger partial charge in [0.1, 0.15) is 5.69 Å². The summed E-state index contributed by atoms with van der Waals surface area (Å²) in [6.07, 6.45) is 5.34. The lowest BCUT2D eigenvalue weighted by Crippen LogP contribution is -1.94. The number of H-pyrrole nitrogens is 1. The summed E-state index contributed by atoms with van der Waals surface area (Å²) in [5.41, 5.74) is 6.80. The number of nitrogens with one attached hydrogen (secondary N) is 2. The normalized spacial score (nSPS) is 11.3. The van der Waals surface area contributed by atoms with Crippen molar-refractivity contribution in [1.29, 1.82) is 0 Å². The molecule has 0 radical (unpaired) electrons. The molecular formula is C20H17N7. The molecule has 0 aliphatic rings. The quantitative estimate of drug-likeness (QED) is 0.510. The molecule has 0 amide bonds. The first-order valence-corrected chi connectivity index (χ1v) is 8.66. The van der Waals surface area contributed by atoms with Crippen LogP contribution in [0.1, 0.15) is 11.1 Å². The summed E-state index contributed by atoms with van der Waals surface area (Å²) >= 11 is 0. The molecule has 5 rings (SSSR count). The maximum Gasteiger partial charge on any atom is 0.247 e. The van der Waals surface area contributed by atoms with E-state index in [0.29, 0.717) is 11.6 Å². The highest BCUT2D eigenvalue weighted by atomic mass is 15.3. The van der Waals surface area contributed by atoms with Crippen LogP contribution in [0.2, 0.25) is 0 Å². The van der Waals surface area contributed by atoms with E-state index in [9.17, 15) is 0 Å². The molecule has 0 spiro atoms. The zero-order valence-corrected chi connectivity index (χ0v) is 14.9. The molecule has 0 bridgehead atoms. The van der Waals surface area contributed by atoms with E-state index in [1.165, 1.54) is 11.1 Å². The van der Waals surface area contributed by atoms with Gasteiger partial charge in [-0.15, -0.1) is 5.10 Å². The Morgan fingerprint density at radius 2 is 1.89 bits per heavy atom. The van der Waals surface area contributed by atoms with Crippen molar-refractivity contribution >= 4 is 28.2 Å². The van der Waals surface area contributed by atoms with Crippen molar-refractivity contribution in [2.75, 3.05) is 5.32 Å². The fraction of sp³-hybridized carbons (Fsp3) is 0.100. The van der Waals surface area contributed by atoms with Crippen LogP contribution in [0.3, 0.4) is 0 Å². The predicted octanol–water partition coefficient (Wildman–Crippen LogP) is 4.03. The summed E-state index contributed by atoms with van der Waals surface area (Å²) in [5, 5.41) is 15.9. The van der Waals surface area contributed by atoms with Gasteiger partial charge in [-0.1, -0.05) is 12.1 Å². The van der Waals surface area contributed by atoms with Gasteiger partial charge in [-0.25, -0.2) is 4.52 Å². The Balaban J connectivity index is 1.58. The third-order valence-electron chi connectivity index (χ3n) is 4.45. The predicted molar refractivity (Wildman–Crippen MR) is 105 cm³/mol. The molecule has 5 aromatic rings. The highest BCUT2D eigenvalue weighted by Crippen LogP contribution is 2.26. The van der Waals surface area contributed by atoms with Crippen LogP contribution in [-0.2, 0) is 0 Å². The Bertz CT molecular complexity index is 1260. The second kappa shape index (κ2) is 5.91. The van der Waals surface area contributed by atoms with E-state index in [4.69, 9.17) is 0 Å². The Hall–Kier alpha value is -3.74. The van der Waals surface area contributed by atoms with Gasteiger partial charge in [0.2, 0.25) is 5.95 Å². The molecule has 0 aliphatic heterocycles. The van der Waals surface area contributed by atoms with Gasteiger partial charge in [0.25, 0.3) is 0 Å². The second-order valence-electron chi connectivity index (χ2n) is 6.65. The average Bonchev–Trinajstić information content (AvgIpc) is 3.25. The zero-order valence-electron chi connectivity index (χ0n) is 14.9. The van der Waals surface area contributed by atoms with Crippen molar-refractivity contribution in [2.45, 2.75) is 13.8 Å². The number of fused-ring (bicyclic) bond motifs is 2. The Morgan fingerprint density at radius 3 is 2.74 bits per heavy atom. The van der Waals surface area contributed by atoms with Crippen molar-refractivity contribution in [2.24, 2.45) is 0 Å². The Kier molecular flexibility index (Phi) is 3.39. The van der Waals surface area contributed by atoms with E-state index in [1.54, 1.807) is 23.1 Å². The van der Waals surface area contributed by atoms with Gasteiger partial charge in [0.15, 0.2) is 5.65 Å². The van der Waals surface area contributed by atoms with Crippen LogP contribution in [-0.4, -0.2) is 29.8 Å². The van der Waals surface area contributed by atoms with Crippen LogP contribution in [0, 0.1) is 13.8 Å². The van der Waals surface area contributed by atoms with E-state index in [0.717, 1.165) is 27.8 Å². The number of benzene rings is 2. The van der Waals surface area contributed by atoms with Crippen molar-refractivity contribution in [1.82, 2.24) is 29.8 Å². The van der Waals surface area contributed by atoms with Crippen LogP contribution >= 0.6 is 0 Å². The largest absolute Gasteiger partial charge is 0.323 e. The van der Waals surface area contributed by atoms with Crippen molar-refractivity contribution in [3.63, 3.8) is 0 Å². The molecule has 3 heterocycles. The van der Waals surface area contributed by atoms with Crippen LogP contribution in [0.25, 0.3) is 27.8 Å². The smallest absolute Gasteiger partial charge is 0.247 e. The van der Waals surface area contributed by atoms with E-state index < -0.39 is 0 Å². The maximum absolute atomic E-state index is 4.67. The minimum Gasteiger partial charge on any atom is -0.323 e. The molecule has 0 fully saturated rings.